The van der Waals surface area contributed by atoms with Gasteiger partial charge < -0.3 is 14.5 Å². The maximum Gasteiger partial charge on any atom is 0.324 e. The van der Waals surface area contributed by atoms with Gasteiger partial charge in [0.2, 0.25) is 0 Å². The van der Waals surface area contributed by atoms with Gasteiger partial charge in [0.05, 0.1) is 12.2 Å². The number of likely N-dealkylation sites (tertiary alicyclic amines) is 1. The summed E-state index contributed by atoms with van der Waals surface area (Å²) in [4.78, 5) is 19.1. The highest BCUT2D eigenvalue weighted by Crippen LogP contribution is 2.43. The van der Waals surface area contributed by atoms with Gasteiger partial charge in [-0.15, -0.1) is 0 Å². The molecular formula is C23H27N3O2. The van der Waals surface area contributed by atoms with Crippen molar-refractivity contribution in [3.63, 3.8) is 0 Å². The quantitative estimate of drug-likeness (QED) is 0.819. The second kappa shape index (κ2) is 7.22. The SMILES string of the molecule is O=C1N(CCN2CCC3(CC2)OCc2ccccc23)CCN1c1ccccc1. The van der Waals surface area contributed by atoms with Crippen molar-refractivity contribution in [2.75, 3.05) is 44.2 Å². The van der Waals surface area contributed by atoms with E-state index in [0.29, 0.717) is 0 Å². The van der Waals surface area contributed by atoms with Gasteiger partial charge in [-0.3, -0.25) is 4.90 Å². The molecule has 3 heterocycles. The Morgan fingerprint density at radius 3 is 2.43 bits per heavy atom. The summed E-state index contributed by atoms with van der Waals surface area (Å²) in [6, 6.07) is 18.7. The van der Waals surface area contributed by atoms with Crippen molar-refractivity contribution in [2.45, 2.75) is 25.0 Å². The molecule has 0 atom stereocenters. The Hall–Kier alpha value is -2.37. The maximum atomic E-state index is 12.7. The van der Waals surface area contributed by atoms with E-state index in [0.717, 1.165) is 64.4 Å². The van der Waals surface area contributed by atoms with E-state index in [1.54, 1.807) is 0 Å². The largest absolute Gasteiger partial charge is 0.365 e. The van der Waals surface area contributed by atoms with Gasteiger partial charge in [-0.05, 0) is 36.1 Å². The molecule has 5 nitrogen and oxygen atoms in total. The van der Waals surface area contributed by atoms with Gasteiger partial charge in [0.1, 0.15) is 0 Å². The van der Waals surface area contributed by atoms with E-state index < -0.39 is 0 Å². The van der Waals surface area contributed by atoms with Crippen LogP contribution in [-0.4, -0.2) is 55.1 Å². The number of urea groups is 1. The minimum Gasteiger partial charge on any atom is -0.365 e. The molecule has 1 spiro atoms. The number of carbonyl (C=O) groups excluding carboxylic acids is 1. The molecule has 2 aromatic rings. The summed E-state index contributed by atoms with van der Waals surface area (Å²) in [6.45, 7) is 6.11. The average molecular weight is 377 g/mol. The van der Waals surface area contributed by atoms with Crippen LogP contribution >= 0.6 is 0 Å². The molecule has 2 aromatic carbocycles. The zero-order chi connectivity index (χ0) is 19.0. The van der Waals surface area contributed by atoms with Crippen LogP contribution in [-0.2, 0) is 16.9 Å². The Labute approximate surface area is 166 Å². The smallest absolute Gasteiger partial charge is 0.324 e. The van der Waals surface area contributed by atoms with E-state index in [1.807, 2.05) is 40.1 Å². The summed E-state index contributed by atoms with van der Waals surface area (Å²) in [5, 5.41) is 0. The Morgan fingerprint density at radius 2 is 1.61 bits per heavy atom. The standard InChI is InChI=1S/C23H27N3O2/c27-22-25(16-17-26(22)20-7-2-1-3-8-20)15-14-24-12-10-23(11-13-24)21-9-5-4-6-19(21)18-28-23/h1-9H,10-18H2. The Kier molecular flexibility index (Phi) is 4.57. The van der Waals surface area contributed by atoms with Crippen molar-refractivity contribution < 1.29 is 9.53 Å². The first-order valence-electron chi connectivity index (χ1n) is 10.3. The number of carbonyl (C=O) groups is 1. The zero-order valence-electron chi connectivity index (χ0n) is 16.2. The molecule has 0 aromatic heterocycles. The van der Waals surface area contributed by atoms with Crippen LogP contribution in [0.25, 0.3) is 0 Å². The van der Waals surface area contributed by atoms with E-state index >= 15 is 0 Å². The molecule has 0 unspecified atom stereocenters. The van der Waals surface area contributed by atoms with Gasteiger partial charge in [0.15, 0.2) is 0 Å². The van der Waals surface area contributed by atoms with E-state index in [-0.39, 0.29) is 11.6 Å². The van der Waals surface area contributed by atoms with E-state index in [1.165, 1.54) is 11.1 Å². The van der Waals surface area contributed by atoms with Crippen molar-refractivity contribution >= 4 is 11.7 Å². The van der Waals surface area contributed by atoms with Crippen LogP contribution in [0.3, 0.4) is 0 Å². The zero-order valence-corrected chi connectivity index (χ0v) is 16.2. The predicted molar refractivity (Wildman–Crippen MR) is 109 cm³/mol. The van der Waals surface area contributed by atoms with Crippen LogP contribution < -0.4 is 4.90 Å². The van der Waals surface area contributed by atoms with Crippen LogP contribution in [0, 0.1) is 0 Å². The van der Waals surface area contributed by atoms with Gasteiger partial charge in [0.25, 0.3) is 0 Å². The first-order chi connectivity index (χ1) is 13.8. The van der Waals surface area contributed by atoms with Crippen molar-refractivity contribution in [1.29, 1.82) is 0 Å². The van der Waals surface area contributed by atoms with Crippen LogP contribution in [0.15, 0.2) is 54.6 Å². The summed E-state index contributed by atoms with van der Waals surface area (Å²) in [5.41, 5.74) is 3.65. The molecular weight excluding hydrogens is 350 g/mol. The first-order valence-corrected chi connectivity index (χ1v) is 10.3. The predicted octanol–water partition coefficient (Wildman–Crippen LogP) is 3.45. The van der Waals surface area contributed by atoms with Gasteiger partial charge in [0, 0.05) is 45.0 Å². The van der Waals surface area contributed by atoms with Crippen LogP contribution in [0.1, 0.15) is 24.0 Å². The molecule has 0 aliphatic carbocycles. The average Bonchev–Trinajstić information content (AvgIpc) is 3.30. The lowest BCUT2D eigenvalue weighted by atomic mass is 9.84. The molecule has 2 amide bonds. The van der Waals surface area contributed by atoms with Crippen LogP contribution in [0.4, 0.5) is 10.5 Å². The summed E-state index contributed by atoms with van der Waals surface area (Å²) in [6.07, 6.45) is 2.07. The van der Waals surface area contributed by atoms with Crippen LogP contribution in [0.5, 0.6) is 0 Å². The first kappa shape index (κ1) is 17.7. The number of nitrogens with zero attached hydrogens (tertiary/aromatic N) is 3. The Balaban J connectivity index is 1.15. The molecule has 28 heavy (non-hydrogen) atoms. The maximum absolute atomic E-state index is 12.7. The molecule has 3 aliphatic heterocycles. The fourth-order valence-electron chi connectivity index (χ4n) is 4.84. The van der Waals surface area contributed by atoms with Crippen molar-refractivity contribution in [3.8, 4) is 0 Å². The number of rotatable bonds is 4. The molecule has 0 saturated carbocycles. The molecule has 5 heteroatoms. The second-order valence-corrected chi connectivity index (χ2v) is 8.04. The number of hydrogen-bond donors (Lipinski definition) is 0. The lowest BCUT2D eigenvalue weighted by Gasteiger charge is -2.39. The summed E-state index contributed by atoms with van der Waals surface area (Å²) >= 11 is 0. The molecule has 0 radical (unpaired) electrons. The van der Waals surface area contributed by atoms with E-state index in [9.17, 15) is 4.79 Å². The highest BCUT2D eigenvalue weighted by Gasteiger charge is 2.42. The Bertz CT molecular complexity index is 846. The van der Waals surface area contributed by atoms with Gasteiger partial charge in [-0.25, -0.2) is 4.79 Å². The summed E-state index contributed by atoms with van der Waals surface area (Å²) < 4.78 is 6.26. The van der Waals surface area contributed by atoms with Crippen molar-refractivity contribution in [3.05, 3.63) is 65.7 Å². The Morgan fingerprint density at radius 1 is 0.857 bits per heavy atom. The number of fused-ring (bicyclic) bond motifs is 2. The number of anilines is 1. The summed E-state index contributed by atoms with van der Waals surface area (Å²) in [7, 11) is 0. The number of amides is 2. The lowest BCUT2D eigenvalue weighted by Crippen LogP contribution is -2.45. The third kappa shape index (κ3) is 3.09. The normalized spacial score (nSPS) is 21.5. The minimum absolute atomic E-state index is 0.0827. The molecule has 2 fully saturated rings. The van der Waals surface area contributed by atoms with E-state index in [4.69, 9.17) is 4.74 Å². The lowest BCUT2D eigenvalue weighted by molar-refractivity contribution is -0.0790. The third-order valence-electron chi connectivity index (χ3n) is 6.52. The molecule has 3 aliphatic rings. The number of piperidine rings is 1. The number of para-hydroxylation sites is 1. The number of ether oxygens (including phenoxy) is 1. The van der Waals surface area contributed by atoms with Gasteiger partial charge >= 0.3 is 6.03 Å². The molecule has 5 rings (SSSR count). The monoisotopic (exact) mass is 377 g/mol. The second-order valence-electron chi connectivity index (χ2n) is 8.04. The fraction of sp³-hybridized carbons (Fsp3) is 0.435. The minimum atomic E-state index is -0.0827. The molecule has 0 N–H and O–H groups in total. The van der Waals surface area contributed by atoms with E-state index in [2.05, 4.69) is 29.2 Å². The molecule has 2 saturated heterocycles. The van der Waals surface area contributed by atoms with Crippen LogP contribution in [0.2, 0.25) is 0 Å². The van der Waals surface area contributed by atoms with Crippen molar-refractivity contribution in [2.24, 2.45) is 0 Å². The molecule has 146 valence electrons. The highest BCUT2D eigenvalue weighted by atomic mass is 16.5. The highest BCUT2D eigenvalue weighted by molar-refractivity contribution is 5.94. The topological polar surface area (TPSA) is 36.0 Å². The molecule has 0 bridgehead atoms. The van der Waals surface area contributed by atoms with Gasteiger partial charge in [-0.2, -0.15) is 0 Å². The van der Waals surface area contributed by atoms with Gasteiger partial charge in [-0.1, -0.05) is 42.5 Å². The third-order valence-corrected chi connectivity index (χ3v) is 6.52. The van der Waals surface area contributed by atoms with Crippen molar-refractivity contribution in [1.82, 2.24) is 9.80 Å². The number of benzene rings is 2. The summed E-state index contributed by atoms with van der Waals surface area (Å²) in [5.74, 6) is 0. The number of hydrogen-bond acceptors (Lipinski definition) is 3. The fourth-order valence-corrected chi connectivity index (χ4v) is 4.84.